The third kappa shape index (κ3) is 3.24. The Morgan fingerprint density at radius 1 is 1.69 bits per heavy atom. The van der Waals surface area contributed by atoms with Crippen molar-refractivity contribution >= 4 is 17.4 Å². The van der Waals surface area contributed by atoms with E-state index in [2.05, 4.69) is 18.9 Å². The normalized spacial score (nSPS) is 11.1. The monoisotopic (exact) mass is 203 g/mol. The topological polar surface area (TPSA) is 53.1 Å². The van der Waals surface area contributed by atoms with E-state index < -0.39 is 0 Å². The van der Waals surface area contributed by atoms with Gasteiger partial charge in [0.2, 0.25) is 0 Å². The van der Waals surface area contributed by atoms with Crippen molar-refractivity contribution in [1.82, 2.24) is 9.78 Å². The quantitative estimate of drug-likeness (QED) is 0.811. The fraction of sp³-hybridized carbons (Fsp3) is 0.625. The number of nitrogens with zero attached hydrogens (tertiary/aromatic N) is 2. The van der Waals surface area contributed by atoms with E-state index in [0.29, 0.717) is 30.1 Å². The van der Waals surface area contributed by atoms with E-state index in [4.69, 9.17) is 22.1 Å². The number of rotatable bonds is 4. The van der Waals surface area contributed by atoms with E-state index in [1.54, 1.807) is 10.9 Å². The Labute approximate surface area is 82.6 Å². The van der Waals surface area contributed by atoms with Gasteiger partial charge >= 0.3 is 0 Å². The molecule has 0 unspecified atom stereocenters. The molecule has 1 aromatic rings. The van der Waals surface area contributed by atoms with Crippen molar-refractivity contribution in [1.29, 1.82) is 0 Å². The minimum Gasteiger partial charge on any atom is -0.381 e. The summed E-state index contributed by atoms with van der Waals surface area (Å²) in [7, 11) is 0. The average Bonchev–Trinajstić information content (AvgIpc) is 2.30. The Balaban J connectivity index is 2.37. The van der Waals surface area contributed by atoms with E-state index >= 15 is 0 Å². The van der Waals surface area contributed by atoms with Gasteiger partial charge in [0.15, 0.2) is 5.82 Å². The molecule has 5 heteroatoms. The Hall–Kier alpha value is -0.740. The number of anilines is 1. The SMILES string of the molecule is CC(C)COCn1cc(Cl)c(N)n1. The van der Waals surface area contributed by atoms with Crippen LogP contribution >= 0.6 is 11.6 Å². The molecule has 13 heavy (non-hydrogen) atoms. The molecule has 0 aliphatic carbocycles. The van der Waals surface area contributed by atoms with Gasteiger partial charge in [0, 0.05) is 6.20 Å². The average molecular weight is 204 g/mol. The summed E-state index contributed by atoms with van der Waals surface area (Å²) in [4.78, 5) is 0. The number of nitrogens with two attached hydrogens (primary N) is 1. The minimum atomic E-state index is 0.342. The highest BCUT2D eigenvalue weighted by atomic mass is 35.5. The summed E-state index contributed by atoms with van der Waals surface area (Å²) in [5, 5.41) is 4.41. The van der Waals surface area contributed by atoms with E-state index in [-0.39, 0.29) is 0 Å². The Kier molecular flexibility index (Phi) is 3.57. The van der Waals surface area contributed by atoms with Crippen molar-refractivity contribution in [2.75, 3.05) is 12.3 Å². The molecule has 0 radical (unpaired) electrons. The van der Waals surface area contributed by atoms with Gasteiger partial charge in [-0.15, -0.1) is 0 Å². The summed E-state index contributed by atoms with van der Waals surface area (Å²) < 4.78 is 6.92. The lowest BCUT2D eigenvalue weighted by Crippen LogP contribution is -2.07. The molecular formula is C8H14ClN3O. The van der Waals surface area contributed by atoms with Crippen LogP contribution in [0.2, 0.25) is 5.02 Å². The van der Waals surface area contributed by atoms with Gasteiger partial charge in [-0.25, -0.2) is 4.68 Å². The van der Waals surface area contributed by atoms with Gasteiger partial charge in [-0.2, -0.15) is 5.10 Å². The van der Waals surface area contributed by atoms with Crippen LogP contribution in [0.5, 0.6) is 0 Å². The molecule has 0 amide bonds. The van der Waals surface area contributed by atoms with E-state index in [1.807, 2.05) is 0 Å². The number of nitrogen functional groups attached to an aromatic ring is 1. The largest absolute Gasteiger partial charge is 0.381 e. The molecule has 1 rings (SSSR count). The van der Waals surface area contributed by atoms with E-state index in [1.165, 1.54) is 0 Å². The van der Waals surface area contributed by atoms with Crippen molar-refractivity contribution in [3.63, 3.8) is 0 Å². The molecule has 0 bridgehead atoms. The van der Waals surface area contributed by atoms with Gasteiger partial charge in [0.25, 0.3) is 0 Å². The molecule has 0 atom stereocenters. The maximum absolute atomic E-state index is 5.71. The maximum Gasteiger partial charge on any atom is 0.164 e. The Morgan fingerprint density at radius 3 is 2.85 bits per heavy atom. The van der Waals surface area contributed by atoms with Gasteiger partial charge in [0.1, 0.15) is 11.8 Å². The maximum atomic E-state index is 5.71. The highest BCUT2D eigenvalue weighted by Crippen LogP contribution is 2.14. The number of hydrogen-bond acceptors (Lipinski definition) is 3. The third-order valence-corrected chi connectivity index (χ3v) is 1.71. The summed E-state index contributed by atoms with van der Waals surface area (Å²) in [6.07, 6.45) is 1.65. The lowest BCUT2D eigenvalue weighted by atomic mass is 10.2. The fourth-order valence-electron chi connectivity index (χ4n) is 0.860. The first kappa shape index (κ1) is 10.3. The highest BCUT2D eigenvalue weighted by molar-refractivity contribution is 6.32. The molecule has 74 valence electrons. The predicted molar refractivity (Wildman–Crippen MR) is 52.4 cm³/mol. The Bertz CT molecular complexity index is 253. The lowest BCUT2D eigenvalue weighted by molar-refractivity contribution is 0.0507. The zero-order chi connectivity index (χ0) is 9.84. The molecular weight excluding hydrogens is 190 g/mol. The molecule has 1 heterocycles. The van der Waals surface area contributed by atoms with Crippen LogP contribution in [0.15, 0.2) is 6.20 Å². The molecule has 4 nitrogen and oxygen atoms in total. The zero-order valence-electron chi connectivity index (χ0n) is 7.83. The fourth-order valence-corrected chi connectivity index (χ4v) is 1.01. The summed E-state index contributed by atoms with van der Waals surface area (Å²) >= 11 is 5.71. The number of aromatic nitrogens is 2. The summed E-state index contributed by atoms with van der Waals surface area (Å²) in [6, 6.07) is 0. The molecule has 0 spiro atoms. The molecule has 0 saturated heterocycles. The molecule has 0 saturated carbocycles. The predicted octanol–water partition coefficient (Wildman–Crippen LogP) is 1.75. The van der Waals surface area contributed by atoms with Crippen LogP contribution < -0.4 is 5.73 Å². The molecule has 0 aliphatic rings. The number of hydrogen-bond donors (Lipinski definition) is 1. The van der Waals surface area contributed by atoms with Crippen LogP contribution in [0.4, 0.5) is 5.82 Å². The van der Waals surface area contributed by atoms with Crippen molar-refractivity contribution in [3.05, 3.63) is 11.2 Å². The molecule has 0 aliphatic heterocycles. The summed E-state index contributed by atoms with van der Waals surface area (Å²) in [6.45, 7) is 5.28. The van der Waals surface area contributed by atoms with Crippen molar-refractivity contribution in [2.24, 2.45) is 5.92 Å². The first-order valence-electron chi connectivity index (χ1n) is 4.15. The van der Waals surface area contributed by atoms with Crippen LogP contribution in [0, 0.1) is 5.92 Å². The smallest absolute Gasteiger partial charge is 0.164 e. The molecule has 2 N–H and O–H groups in total. The van der Waals surface area contributed by atoms with Crippen molar-refractivity contribution < 1.29 is 4.74 Å². The summed E-state index contributed by atoms with van der Waals surface area (Å²) in [5.41, 5.74) is 5.45. The van der Waals surface area contributed by atoms with E-state index in [0.717, 1.165) is 0 Å². The standard InChI is InChI=1S/C8H14ClN3O/c1-6(2)4-13-5-12-3-7(9)8(10)11-12/h3,6H,4-5H2,1-2H3,(H2,10,11). The first-order valence-corrected chi connectivity index (χ1v) is 4.53. The van der Waals surface area contributed by atoms with Crippen LogP contribution in [0.25, 0.3) is 0 Å². The van der Waals surface area contributed by atoms with Gasteiger partial charge in [-0.05, 0) is 5.92 Å². The highest BCUT2D eigenvalue weighted by Gasteiger charge is 2.02. The van der Waals surface area contributed by atoms with Crippen LogP contribution in [0.3, 0.4) is 0 Å². The van der Waals surface area contributed by atoms with Crippen molar-refractivity contribution in [3.8, 4) is 0 Å². The van der Waals surface area contributed by atoms with Gasteiger partial charge in [-0.3, -0.25) is 0 Å². The second kappa shape index (κ2) is 4.48. The van der Waals surface area contributed by atoms with Crippen LogP contribution in [0.1, 0.15) is 13.8 Å². The van der Waals surface area contributed by atoms with Crippen LogP contribution in [-0.4, -0.2) is 16.4 Å². The molecule has 1 aromatic heterocycles. The second-order valence-corrected chi connectivity index (χ2v) is 3.70. The van der Waals surface area contributed by atoms with Crippen molar-refractivity contribution in [2.45, 2.75) is 20.6 Å². The van der Waals surface area contributed by atoms with Gasteiger partial charge < -0.3 is 10.5 Å². The second-order valence-electron chi connectivity index (χ2n) is 3.30. The summed E-state index contributed by atoms with van der Waals surface area (Å²) in [5.74, 6) is 0.859. The first-order chi connectivity index (χ1) is 6.09. The molecule has 0 fully saturated rings. The van der Waals surface area contributed by atoms with Gasteiger partial charge in [-0.1, -0.05) is 25.4 Å². The van der Waals surface area contributed by atoms with Gasteiger partial charge in [0.05, 0.1) is 6.61 Å². The lowest BCUT2D eigenvalue weighted by Gasteiger charge is -2.05. The third-order valence-electron chi connectivity index (χ3n) is 1.42. The number of halogens is 1. The van der Waals surface area contributed by atoms with E-state index in [9.17, 15) is 0 Å². The zero-order valence-corrected chi connectivity index (χ0v) is 8.58. The molecule has 0 aromatic carbocycles. The minimum absolute atomic E-state index is 0.342. The Morgan fingerprint density at radius 2 is 2.38 bits per heavy atom. The number of ether oxygens (including phenoxy) is 1. The van der Waals surface area contributed by atoms with Crippen LogP contribution in [-0.2, 0) is 11.5 Å².